The van der Waals surface area contributed by atoms with Crippen LogP contribution in [0.1, 0.15) is 19.7 Å². The lowest BCUT2D eigenvalue weighted by molar-refractivity contribution is 0.503. The van der Waals surface area contributed by atoms with E-state index in [2.05, 4.69) is 15.2 Å². The third kappa shape index (κ3) is 2.78. The minimum atomic E-state index is -0.492. The fourth-order valence-corrected chi connectivity index (χ4v) is 0.543. The highest BCUT2D eigenvalue weighted by atomic mass is 35.5. The molecule has 1 rings (SSSR count). The lowest BCUT2D eigenvalue weighted by Gasteiger charge is -2.14. The number of hydrogen-bond donors (Lipinski definition) is 1. The Kier molecular flexibility index (Phi) is 3.35. The summed E-state index contributed by atoms with van der Waals surface area (Å²) < 4.78 is 0. The molecule has 0 aliphatic rings. The fraction of sp³-hybridized carbons (Fsp3) is 0.500. The zero-order valence-corrected chi connectivity index (χ0v) is 7.30. The predicted octanol–water partition coefficient (Wildman–Crippen LogP) is 0.487. The summed E-state index contributed by atoms with van der Waals surface area (Å²) in [6.45, 7) is 3.67. The number of nitrogens with two attached hydrogens (primary N) is 1. The molecule has 11 heavy (non-hydrogen) atoms. The molecule has 0 spiro atoms. The van der Waals surface area contributed by atoms with Crippen molar-refractivity contribution in [3.8, 4) is 0 Å². The summed E-state index contributed by atoms with van der Waals surface area (Å²) in [5, 5.41) is 7.42. The molecule has 0 saturated carbocycles. The van der Waals surface area contributed by atoms with Gasteiger partial charge in [0.25, 0.3) is 0 Å². The molecule has 0 unspecified atom stereocenters. The van der Waals surface area contributed by atoms with E-state index in [1.54, 1.807) is 6.20 Å². The van der Waals surface area contributed by atoms with Crippen molar-refractivity contribution < 1.29 is 0 Å². The molecule has 5 heteroatoms. The Morgan fingerprint density at radius 1 is 1.36 bits per heavy atom. The molecule has 0 radical (unpaired) electrons. The first kappa shape index (κ1) is 10.3. The summed E-state index contributed by atoms with van der Waals surface area (Å²) >= 11 is 0. The van der Waals surface area contributed by atoms with Crippen molar-refractivity contribution in [2.75, 3.05) is 0 Å². The minimum absolute atomic E-state index is 0. The van der Waals surface area contributed by atoms with Crippen molar-refractivity contribution in [3.63, 3.8) is 0 Å². The normalized spacial score (nSPS) is 10.5. The van der Waals surface area contributed by atoms with Crippen LogP contribution < -0.4 is 5.73 Å². The molecule has 1 aromatic rings. The van der Waals surface area contributed by atoms with E-state index < -0.39 is 5.54 Å². The van der Waals surface area contributed by atoms with Crippen LogP contribution in [-0.2, 0) is 5.54 Å². The van der Waals surface area contributed by atoms with Crippen molar-refractivity contribution in [1.82, 2.24) is 15.2 Å². The Morgan fingerprint density at radius 2 is 2.00 bits per heavy atom. The van der Waals surface area contributed by atoms with Gasteiger partial charge in [-0.25, -0.2) is 4.98 Å². The van der Waals surface area contributed by atoms with Crippen LogP contribution in [0, 0.1) is 0 Å². The minimum Gasteiger partial charge on any atom is -0.319 e. The molecule has 0 atom stereocenters. The van der Waals surface area contributed by atoms with Crippen molar-refractivity contribution in [2.45, 2.75) is 19.4 Å². The lowest BCUT2D eigenvalue weighted by Crippen LogP contribution is -2.31. The molecule has 62 valence electrons. The molecular weight excluding hydrogens is 164 g/mol. The average Bonchev–Trinajstić information content (AvgIpc) is 1.88. The van der Waals surface area contributed by atoms with Gasteiger partial charge >= 0.3 is 0 Å². The van der Waals surface area contributed by atoms with Gasteiger partial charge in [-0.05, 0) is 13.8 Å². The van der Waals surface area contributed by atoms with Crippen LogP contribution in [0.15, 0.2) is 12.4 Å². The summed E-state index contributed by atoms with van der Waals surface area (Å²) in [6.07, 6.45) is 3.10. The molecule has 0 aliphatic heterocycles. The topological polar surface area (TPSA) is 64.7 Å². The molecule has 0 aromatic carbocycles. The number of hydrogen-bond acceptors (Lipinski definition) is 4. The largest absolute Gasteiger partial charge is 0.319 e. The maximum atomic E-state index is 5.69. The molecule has 1 aromatic heterocycles. The van der Waals surface area contributed by atoms with Crippen LogP contribution in [-0.4, -0.2) is 15.2 Å². The Bertz CT molecular complexity index is 206. The lowest BCUT2D eigenvalue weighted by atomic mass is 10.1. The van der Waals surface area contributed by atoms with Crippen LogP contribution in [0.3, 0.4) is 0 Å². The van der Waals surface area contributed by atoms with Crippen LogP contribution in [0.2, 0.25) is 0 Å². The molecule has 0 aliphatic carbocycles. The van der Waals surface area contributed by atoms with Crippen molar-refractivity contribution >= 4 is 12.4 Å². The van der Waals surface area contributed by atoms with Gasteiger partial charge in [-0.3, -0.25) is 0 Å². The first-order valence-electron chi connectivity index (χ1n) is 3.04. The number of nitrogens with zero attached hydrogens (tertiary/aromatic N) is 3. The monoisotopic (exact) mass is 174 g/mol. The summed E-state index contributed by atoms with van der Waals surface area (Å²) in [6, 6.07) is 0. The molecule has 0 amide bonds. The smallest absolute Gasteiger partial charge is 0.170 e. The molecule has 1 heterocycles. The van der Waals surface area contributed by atoms with E-state index in [1.165, 1.54) is 6.20 Å². The van der Waals surface area contributed by atoms with Crippen molar-refractivity contribution in [3.05, 3.63) is 18.2 Å². The predicted molar refractivity (Wildman–Crippen MR) is 44.3 cm³/mol. The molecule has 0 saturated heterocycles. The number of halogens is 1. The van der Waals surface area contributed by atoms with Gasteiger partial charge in [-0.15, -0.1) is 17.5 Å². The van der Waals surface area contributed by atoms with Crippen LogP contribution >= 0.6 is 12.4 Å². The Hall–Kier alpha value is -0.740. The van der Waals surface area contributed by atoms with Gasteiger partial charge in [0.2, 0.25) is 0 Å². The molecule has 0 bridgehead atoms. The summed E-state index contributed by atoms with van der Waals surface area (Å²) in [5.41, 5.74) is 5.20. The highest BCUT2D eigenvalue weighted by Gasteiger charge is 2.16. The highest BCUT2D eigenvalue weighted by molar-refractivity contribution is 5.85. The van der Waals surface area contributed by atoms with Gasteiger partial charge < -0.3 is 5.73 Å². The van der Waals surface area contributed by atoms with Gasteiger partial charge in [-0.2, -0.15) is 5.10 Å². The highest BCUT2D eigenvalue weighted by Crippen LogP contribution is 2.07. The van der Waals surface area contributed by atoms with E-state index in [9.17, 15) is 0 Å². The quantitative estimate of drug-likeness (QED) is 0.673. The molecule has 2 N–H and O–H groups in total. The Morgan fingerprint density at radius 3 is 2.27 bits per heavy atom. The van der Waals surface area contributed by atoms with Gasteiger partial charge in [0.1, 0.15) is 0 Å². The van der Waals surface area contributed by atoms with Crippen molar-refractivity contribution in [1.29, 1.82) is 0 Å². The summed E-state index contributed by atoms with van der Waals surface area (Å²) in [4.78, 5) is 3.95. The summed E-state index contributed by atoms with van der Waals surface area (Å²) in [7, 11) is 0. The SMILES string of the molecule is CC(C)(N)c1nccnn1.Cl. The Labute approximate surface area is 71.6 Å². The third-order valence-electron chi connectivity index (χ3n) is 1.06. The van der Waals surface area contributed by atoms with E-state index >= 15 is 0 Å². The van der Waals surface area contributed by atoms with Gasteiger partial charge in [-0.1, -0.05) is 0 Å². The second-order valence-corrected chi connectivity index (χ2v) is 2.69. The van der Waals surface area contributed by atoms with Crippen LogP contribution in [0.25, 0.3) is 0 Å². The summed E-state index contributed by atoms with van der Waals surface area (Å²) in [5.74, 6) is 0.565. The van der Waals surface area contributed by atoms with Crippen molar-refractivity contribution in [2.24, 2.45) is 5.73 Å². The molecule has 0 fully saturated rings. The van der Waals surface area contributed by atoms with E-state index in [0.29, 0.717) is 5.82 Å². The van der Waals surface area contributed by atoms with E-state index in [4.69, 9.17) is 5.73 Å². The maximum absolute atomic E-state index is 5.69. The first-order chi connectivity index (χ1) is 4.61. The standard InChI is InChI=1S/C6H10N4.ClH/c1-6(2,7)5-8-3-4-9-10-5;/h3-4H,7H2,1-2H3;1H. The van der Waals surface area contributed by atoms with E-state index in [1.807, 2.05) is 13.8 Å². The zero-order chi connectivity index (χ0) is 7.61. The zero-order valence-electron chi connectivity index (χ0n) is 6.48. The van der Waals surface area contributed by atoms with Crippen LogP contribution in [0.5, 0.6) is 0 Å². The van der Waals surface area contributed by atoms with Gasteiger partial charge in [0.15, 0.2) is 5.82 Å². The molecule has 4 nitrogen and oxygen atoms in total. The maximum Gasteiger partial charge on any atom is 0.170 e. The van der Waals surface area contributed by atoms with E-state index in [-0.39, 0.29) is 12.4 Å². The second-order valence-electron chi connectivity index (χ2n) is 2.69. The fourth-order valence-electron chi connectivity index (χ4n) is 0.543. The van der Waals surface area contributed by atoms with Gasteiger partial charge in [0, 0.05) is 6.20 Å². The van der Waals surface area contributed by atoms with Gasteiger partial charge in [0.05, 0.1) is 11.7 Å². The van der Waals surface area contributed by atoms with E-state index in [0.717, 1.165) is 0 Å². The number of aromatic nitrogens is 3. The first-order valence-corrected chi connectivity index (χ1v) is 3.04. The third-order valence-corrected chi connectivity index (χ3v) is 1.06. The Balaban J connectivity index is 0.000001000. The average molecular weight is 175 g/mol. The second kappa shape index (κ2) is 3.59. The van der Waals surface area contributed by atoms with Crippen LogP contribution in [0.4, 0.5) is 0 Å². The molecular formula is C6H11ClN4. The number of rotatable bonds is 1.